The average Bonchev–Trinajstić information content (AvgIpc) is 2.54. The Kier molecular flexibility index (Phi) is 5.70. The van der Waals surface area contributed by atoms with E-state index in [1.807, 2.05) is 32.0 Å². The van der Waals surface area contributed by atoms with Gasteiger partial charge in [-0.2, -0.15) is 0 Å². The van der Waals surface area contributed by atoms with Crippen LogP contribution in [0.1, 0.15) is 25.0 Å². The molecular weight excluding hydrogens is 378 g/mol. The first-order chi connectivity index (χ1) is 10.9. The molecule has 0 aliphatic heterocycles. The third-order valence-electron chi connectivity index (χ3n) is 3.67. The Bertz CT molecular complexity index is 781. The van der Waals surface area contributed by atoms with Crippen LogP contribution >= 0.6 is 15.9 Å². The van der Waals surface area contributed by atoms with Gasteiger partial charge >= 0.3 is 0 Å². The number of rotatable bonds is 6. The Hall–Kier alpha value is -1.53. The highest BCUT2D eigenvalue weighted by atomic mass is 79.9. The van der Waals surface area contributed by atoms with Gasteiger partial charge < -0.3 is 4.74 Å². The zero-order chi connectivity index (χ0) is 17.0. The summed E-state index contributed by atoms with van der Waals surface area (Å²) in [5.41, 5.74) is 2.66. The summed E-state index contributed by atoms with van der Waals surface area (Å²) in [4.78, 5) is 0.193. The number of methoxy groups -OCH3 is 1. The van der Waals surface area contributed by atoms with Gasteiger partial charge in [0, 0.05) is 0 Å². The molecule has 0 aliphatic rings. The topological polar surface area (TPSA) is 55.4 Å². The SMILES string of the molecule is CCc1cccc(CC)c1NS(=O)(=O)c1ccc(OC)c(Br)c1. The number of anilines is 1. The Morgan fingerprint density at radius 3 is 2.17 bits per heavy atom. The normalized spacial score (nSPS) is 11.3. The van der Waals surface area contributed by atoms with Crippen LogP contribution in [0.2, 0.25) is 0 Å². The van der Waals surface area contributed by atoms with Gasteiger partial charge in [-0.3, -0.25) is 4.72 Å². The second kappa shape index (κ2) is 7.36. The molecule has 2 aromatic rings. The Morgan fingerprint density at radius 2 is 1.70 bits per heavy atom. The molecule has 0 aliphatic carbocycles. The van der Waals surface area contributed by atoms with E-state index in [9.17, 15) is 8.42 Å². The number of para-hydroxylation sites is 1. The lowest BCUT2D eigenvalue weighted by molar-refractivity contribution is 0.411. The van der Waals surface area contributed by atoms with Gasteiger partial charge in [0.1, 0.15) is 5.75 Å². The molecule has 0 unspecified atom stereocenters. The first-order valence-corrected chi connectivity index (χ1v) is 9.67. The summed E-state index contributed by atoms with van der Waals surface area (Å²) in [6, 6.07) is 10.6. The van der Waals surface area contributed by atoms with E-state index in [2.05, 4.69) is 20.7 Å². The van der Waals surface area contributed by atoms with Crippen LogP contribution < -0.4 is 9.46 Å². The van der Waals surface area contributed by atoms with Crippen molar-refractivity contribution in [1.82, 2.24) is 0 Å². The summed E-state index contributed by atoms with van der Waals surface area (Å²) in [5.74, 6) is 0.590. The summed E-state index contributed by atoms with van der Waals surface area (Å²) in [5, 5.41) is 0. The van der Waals surface area contributed by atoms with Crippen molar-refractivity contribution in [1.29, 1.82) is 0 Å². The lowest BCUT2D eigenvalue weighted by Gasteiger charge is -2.16. The average molecular weight is 398 g/mol. The number of benzene rings is 2. The summed E-state index contributed by atoms with van der Waals surface area (Å²) in [6.07, 6.45) is 1.52. The van der Waals surface area contributed by atoms with E-state index in [1.165, 1.54) is 13.2 Å². The second-order valence-electron chi connectivity index (χ2n) is 5.06. The molecule has 0 aromatic heterocycles. The first-order valence-electron chi connectivity index (χ1n) is 7.40. The van der Waals surface area contributed by atoms with Crippen molar-refractivity contribution in [3.63, 3.8) is 0 Å². The van der Waals surface area contributed by atoms with Crippen LogP contribution in [0, 0.1) is 0 Å². The van der Waals surface area contributed by atoms with Crippen LogP contribution in [0.3, 0.4) is 0 Å². The minimum absolute atomic E-state index is 0.193. The molecular formula is C17H20BrNO3S. The van der Waals surface area contributed by atoms with E-state index < -0.39 is 10.0 Å². The summed E-state index contributed by atoms with van der Waals surface area (Å²) in [7, 11) is -2.12. The maximum atomic E-state index is 12.7. The summed E-state index contributed by atoms with van der Waals surface area (Å²) in [6.45, 7) is 4.02. The molecule has 4 nitrogen and oxygen atoms in total. The molecule has 0 radical (unpaired) electrons. The summed E-state index contributed by atoms with van der Waals surface area (Å²) >= 11 is 3.32. The summed E-state index contributed by atoms with van der Waals surface area (Å²) < 4.78 is 33.9. The maximum absolute atomic E-state index is 12.7. The quantitative estimate of drug-likeness (QED) is 0.786. The number of ether oxygens (including phenoxy) is 1. The molecule has 0 fully saturated rings. The van der Waals surface area contributed by atoms with Gasteiger partial charge in [-0.1, -0.05) is 32.0 Å². The van der Waals surface area contributed by atoms with Gasteiger partial charge in [-0.15, -0.1) is 0 Å². The number of hydrogen-bond acceptors (Lipinski definition) is 3. The van der Waals surface area contributed by atoms with Gasteiger partial charge in [-0.05, 0) is 58.1 Å². The molecule has 124 valence electrons. The standard InChI is InChI=1S/C17H20BrNO3S/c1-4-12-7-6-8-13(5-2)17(12)19-23(20,21)14-9-10-16(22-3)15(18)11-14/h6-11,19H,4-5H2,1-3H3. The molecule has 2 rings (SSSR count). The molecule has 0 spiro atoms. The first kappa shape index (κ1) is 17.8. The molecule has 1 N–H and O–H groups in total. The van der Waals surface area contributed by atoms with E-state index in [4.69, 9.17) is 4.74 Å². The van der Waals surface area contributed by atoms with Crippen molar-refractivity contribution in [2.24, 2.45) is 0 Å². The molecule has 0 saturated heterocycles. The van der Waals surface area contributed by atoms with Crippen LogP contribution in [0.25, 0.3) is 0 Å². The number of halogens is 1. The molecule has 0 amide bonds. The van der Waals surface area contributed by atoms with Crippen LogP contribution in [-0.2, 0) is 22.9 Å². The van der Waals surface area contributed by atoms with Gasteiger partial charge in [-0.25, -0.2) is 8.42 Å². The molecule has 6 heteroatoms. The van der Waals surface area contributed by atoms with Crippen LogP contribution in [-0.4, -0.2) is 15.5 Å². The van der Waals surface area contributed by atoms with Crippen molar-refractivity contribution in [2.75, 3.05) is 11.8 Å². The molecule has 0 saturated carbocycles. The Balaban J connectivity index is 2.45. The molecule has 0 heterocycles. The highest BCUT2D eigenvalue weighted by Gasteiger charge is 2.19. The van der Waals surface area contributed by atoms with Gasteiger partial charge in [0.2, 0.25) is 0 Å². The Morgan fingerprint density at radius 1 is 1.09 bits per heavy atom. The minimum atomic E-state index is -3.66. The van der Waals surface area contributed by atoms with Gasteiger partial charge in [0.25, 0.3) is 10.0 Å². The zero-order valence-electron chi connectivity index (χ0n) is 13.4. The number of sulfonamides is 1. The van der Waals surface area contributed by atoms with E-state index >= 15 is 0 Å². The highest BCUT2D eigenvalue weighted by molar-refractivity contribution is 9.10. The van der Waals surface area contributed by atoms with E-state index in [0.717, 1.165) is 24.0 Å². The maximum Gasteiger partial charge on any atom is 0.261 e. The van der Waals surface area contributed by atoms with Crippen LogP contribution in [0.4, 0.5) is 5.69 Å². The second-order valence-corrected chi connectivity index (χ2v) is 7.60. The van der Waals surface area contributed by atoms with Gasteiger partial charge in [0.15, 0.2) is 0 Å². The van der Waals surface area contributed by atoms with Crippen LogP contribution in [0.5, 0.6) is 5.75 Å². The highest BCUT2D eigenvalue weighted by Crippen LogP contribution is 2.30. The molecule has 2 aromatic carbocycles. The zero-order valence-corrected chi connectivity index (χ0v) is 15.8. The molecule has 0 atom stereocenters. The third-order valence-corrected chi connectivity index (χ3v) is 5.64. The lowest BCUT2D eigenvalue weighted by Crippen LogP contribution is -2.15. The van der Waals surface area contributed by atoms with E-state index in [0.29, 0.717) is 15.9 Å². The minimum Gasteiger partial charge on any atom is -0.496 e. The lowest BCUT2D eigenvalue weighted by atomic mass is 10.0. The number of aryl methyl sites for hydroxylation is 2. The molecule has 0 bridgehead atoms. The van der Waals surface area contributed by atoms with Gasteiger partial charge in [0.05, 0.1) is 22.2 Å². The fourth-order valence-electron chi connectivity index (χ4n) is 2.38. The van der Waals surface area contributed by atoms with E-state index in [-0.39, 0.29) is 4.90 Å². The van der Waals surface area contributed by atoms with E-state index in [1.54, 1.807) is 12.1 Å². The van der Waals surface area contributed by atoms with Crippen molar-refractivity contribution < 1.29 is 13.2 Å². The largest absolute Gasteiger partial charge is 0.496 e. The fraction of sp³-hybridized carbons (Fsp3) is 0.294. The van der Waals surface area contributed by atoms with Crippen molar-refractivity contribution in [3.8, 4) is 5.75 Å². The predicted molar refractivity (Wildman–Crippen MR) is 96.7 cm³/mol. The van der Waals surface area contributed by atoms with Crippen molar-refractivity contribution in [3.05, 3.63) is 52.0 Å². The van der Waals surface area contributed by atoms with Crippen LogP contribution in [0.15, 0.2) is 45.8 Å². The number of hydrogen-bond donors (Lipinski definition) is 1. The number of nitrogens with one attached hydrogen (secondary N) is 1. The van der Waals surface area contributed by atoms with Crippen molar-refractivity contribution >= 4 is 31.6 Å². The monoisotopic (exact) mass is 397 g/mol. The van der Waals surface area contributed by atoms with Crippen molar-refractivity contribution in [2.45, 2.75) is 31.6 Å². The predicted octanol–water partition coefficient (Wildman–Crippen LogP) is 4.38. The Labute approximate surface area is 146 Å². The molecule has 23 heavy (non-hydrogen) atoms. The fourth-order valence-corrected chi connectivity index (χ4v) is 4.24. The smallest absolute Gasteiger partial charge is 0.261 e. The third kappa shape index (κ3) is 3.87.